The highest BCUT2D eigenvalue weighted by molar-refractivity contribution is 5.83. The van der Waals surface area contributed by atoms with E-state index >= 15 is 0 Å². The molecule has 1 saturated heterocycles. The Kier molecular flexibility index (Phi) is 4.81. The first-order valence-corrected chi connectivity index (χ1v) is 7.57. The molecule has 2 atom stereocenters. The van der Waals surface area contributed by atoms with Crippen LogP contribution in [0.1, 0.15) is 45.1 Å². The zero-order chi connectivity index (χ0) is 14.6. The van der Waals surface area contributed by atoms with Gasteiger partial charge < -0.3 is 10.6 Å². The molecule has 1 amide bonds. The molecular weight excluding hydrogens is 248 g/mol. The molecule has 0 saturated carbocycles. The molecule has 2 rings (SSSR count). The third-order valence-electron chi connectivity index (χ3n) is 4.51. The van der Waals surface area contributed by atoms with Gasteiger partial charge in [0.1, 0.15) is 0 Å². The molecule has 2 unspecified atom stereocenters. The van der Waals surface area contributed by atoms with Gasteiger partial charge in [0.15, 0.2) is 0 Å². The summed E-state index contributed by atoms with van der Waals surface area (Å²) in [5, 5.41) is 6.63. The van der Waals surface area contributed by atoms with Crippen molar-refractivity contribution in [3.63, 3.8) is 0 Å². The lowest BCUT2D eigenvalue weighted by molar-refractivity contribution is -0.122. The summed E-state index contributed by atoms with van der Waals surface area (Å²) in [4.78, 5) is 12.3. The van der Waals surface area contributed by atoms with Crippen molar-refractivity contribution in [1.29, 1.82) is 0 Å². The number of hydrogen-bond donors (Lipinski definition) is 2. The van der Waals surface area contributed by atoms with Gasteiger partial charge in [-0.25, -0.2) is 0 Å². The van der Waals surface area contributed by atoms with Crippen LogP contribution in [0.25, 0.3) is 0 Å². The second kappa shape index (κ2) is 6.40. The summed E-state index contributed by atoms with van der Waals surface area (Å²) in [5.74, 6) is 0.0160. The molecule has 2 N–H and O–H groups in total. The van der Waals surface area contributed by atoms with Crippen LogP contribution in [0.15, 0.2) is 30.3 Å². The lowest BCUT2D eigenvalue weighted by Crippen LogP contribution is -2.53. The SMILES string of the molecule is CC(C(=O)NCC1NCCCC1(C)C)c1ccccc1. The van der Waals surface area contributed by atoms with Gasteiger partial charge in [-0.1, -0.05) is 44.2 Å². The van der Waals surface area contributed by atoms with Crippen LogP contribution in [-0.2, 0) is 4.79 Å². The van der Waals surface area contributed by atoms with E-state index in [0.717, 1.165) is 12.1 Å². The van der Waals surface area contributed by atoms with Crippen molar-refractivity contribution in [3.05, 3.63) is 35.9 Å². The van der Waals surface area contributed by atoms with E-state index < -0.39 is 0 Å². The van der Waals surface area contributed by atoms with Crippen molar-refractivity contribution in [2.75, 3.05) is 13.1 Å². The maximum Gasteiger partial charge on any atom is 0.227 e. The van der Waals surface area contributed by atoms with E-state index in [1.165, 1.54) is 12.8 Å². The fraction of sp³-hybridized carbons (Fsp3) is 0.588. The first-order chi connectivity index (χ1) is 9.50. The van der Waals surface area contributed by atoms with E-state index in [1.807, 2.05) is 37.3 Å². The number of piperidine rings is 1. The van der Waals surface area contributed by atoms with Crippen LogP contribution in [0.3, 0.4) is 0 Å². The fourth-order valence-corrected chi connectivity index (χ4v) is 2.87. The smallest absolute Gasteiger partial charge is 0.227 e. The van der Waals surface area contributed by atoms with Crippen LogP contribution < -0.4 is 10.6 Å². The number of carbonyl (C=O) groups is 1. The lowest BCUT2D eigenvalue weighted by atomic mass is 9.77. The topological polar surface area (TPSA) is 41.1 Å². The van der Waals surface area contributed by atoms with Crippen LogP contribution in [0.2, 0.25) is 0 Å². The van der Waals surface area contributed by atoms with Gasteiger partial charge in [-0.05, 0) is 37.3 Å². The zero-order valence-electron chi connectivity index (χ0n) is 12.8. The Morgan fingerprint density at radius 3 is 2.75 bits per heavy atom. The number of nitrogens with one attached hydrogen (secondary N) is 2. The first kappa shape index (κ1) is 15.0. The Morgan fingerprint density at radius 1 is 1.40 bits per heavy atom. The van der Waals surface area contributed by atoms with Crippen LogP contribution in [0.5, 0.6) is 0 Å². The molecule has 1 heterocycles. The van der Waals surface area contributed by atoms with Gasteiger partial charge >= 0.3 is 0 Å². The minimum atomic E-state index is -0.0945. The Hall–Kier alpha value is -1.35. The highest BCUT2D eigenvalue weighted by atomic mass is 16.1. The molecule has 3 nitrogen and oxygen atoms in total. The summed E-state index contributed by atoms with van der Waals surface area (Å²) in [6.45, 7) is 8.28. The average molecular weight is 274 g/mol. The molecule has 1 aromatic rings. The van der Waals surface area contributed by atoms with E-state index in [0.29, 0.717) is 12.6 Å². The molecule has 3 heteroatoms. The van der Waals surface area contributed by atoms with Crippen molar-refractivity contribution in [1.82, 2.24) is 10.6 Å². The second-order valence-corrected chi connectivity index (χ2v) is 6.48. The van der Waals surface area contributed by atoms with Gasteiger partial charge in [-0.15, -0.1) is 0 Å². The lowest BCUT2D eigenvalue weighted by Gasteiger charge is -2.39. The van der Waals surface area contributed by atoms with Crippen LogP contribution >= 0.6 is 0 Å². The summed E-state index contributed by atoms with van der Waals surface area (Å²) < 4.78 is 0. The van der Waals surface area contributed by atoms with E-state index in [4.69, 9.17) is 0 Å². The predicted molar refractivity (Wildman–Crippen MR) is 82.7 cm³/mol. The molecule has 0 radical (unpaired) electrons. The fourth-order valence-electron chi connectivity index (χ4n) is 2.87. The normalized spacial score (nSPS) is 23.1. The van der Waals surface area contributed by atoms with E-state index in [-0.39, 0.29) is 17.2 Å². The number of rotatable bonds is 4. The minimum Gasteiger partial charge on any atom is -0.354 e. The molecule has 110 valence electrons. The Balaban J connectivity index is 1.89. The maximum atomic E-state index is 12.3. The minimum absolute atomic E-state index is 0.0945. The molecule has 1 fully saturated rings. The molecule has 1 aliphatic heterocycles. The van der Waals surface area contributed by atoms with Crippen LogP contribution in [-0.4, -0.2) is 25.0 Å². The van der Waals surface area contributed by atoms with E-state index in [2.05, 4.69) is 24.5 Å². The summed E-state index contributed by atoms with van der Waals surface area (Å²) in [6.07, 6.45) is 2.44. The number of carbonyl (C=O) groups excluding carboxylic acids is 1. The molecule has 1 aromatic carbocycles. The Morgan fingerprint density at radius 2 is 2.10 bits per heavy atom. The van der Waals surface area contributed by atoms with Gasteiger partial charge in [-0.3, -0.25) is 4.79 Å². The molecular formula is C17H26N2O. The van der Waals surface area contributed by atoms with Gasteiger partial charge in [-0.2, -0.15) is 0 Å². The summed E-state index contributed by atoms with van der Waals surface area (Å²) in [7, 11) is 0. The molecule has 0 aromatic heterocycles. The van der Waals surface area contributed by atoms with E-state index in [9.17, 15) is 4.79 Å². The van der Waals surface area contributed by atoms with Gasteiger partial charge in [0, 0.05) is 12.6 Å². The zero-order valence-corrected chi connectivity index (χ0v) is 12.8. The van der Waals surface area contributed by atoms with Gasteiger partial charge in [0.25, 0.3) is 0 Å². The first-order valence-electron chi connectivity index (χ1n) is 7.57. The highest BCUT2D eigenvalue weighted by Crippen LogP contribution is 2.29. The molecule has 0 aliphatic carbocycles. The molecule has 20 heavy (non-hydrogen) atoms. The molecule has 0 spiro atoms. The third-order valence-corrected chi connectivity index (χ3v) is 4.51. The predicted octanol–water partition coefficient (Wildman–Crippen LogP) is 2.68. The second-order valence-electron chi connectivity index (χ2n) is 6.48. The number of amides is 1. The van der Waals surface area contributed by atoms with Gasteiger partial charge in [0.2, 0.25) is 5.91 Å². The average Bonchev–Trinajstić information content (AvgIpc) is 2.45. The molecule has 1 aliphatic rings. The number of benzene rings is 1. The maximum absolute atomic E-state index is 12.3. The van der Waals surface area contributed by atoms with Crippen LogP contribution in [0.4, 0.5) is 0 Å². The third kappa shape index (κ3) is 3.60. The summed E-state index contributed by atoms with van der Waals surface area (Å²) in [6, 6.07) is 10.3. The van der Waals surface area contributed by atoms with Crippen molar-refractivity contribution in [2.45, 2.75) is 45.6 Å². The largest absolute Gasteiger partial charge is 0.354 e. The van der Waals surface area contributed by atoms with Crippen molar-refractivity contribution in [2.24, 2.45) is 5.41 Å². The summed E-state index contributed by atoms with van der Waals surface area (Å²) >= 11 is 0. The monoisotopic (exact) mass is 274 g/mol. The van der Waals surface area contributed by atoms with Crippen molar-refractivity contribution >= 4 is 5.91 Å². The van der Waals surface area contributed by atoms with Gasteiger partial charge in [0.05, 0.1) is 5.92 Å². The van der Waals surface area contributed by atoms with E-state index in [1.54, 1.807) is 0 Å². The Labute approximate surface area is 122 Å². The molecule has 0 bridgehead atoms. The standard InChI is InChI=1S/C17H26N2O/c1-13(14-8-5-4-6-9-14)16(20)19-12-15-17(2,3)10-7-11-18-15/h4-6,8-9,13,15,18H,7,10-12H2,1-3H3,(H,19,20). The van der Waals surface area contributed by atoms with Crippen molar-refractivity contribution < 1.29 is 4.79 Å². The summed E-state index contributed by atoms with van der Waals surface area (Å²) in [5.41, 5.74) is 1.32. The van der Waals surface area contributed by atoms with Crippen LogP contribution in [0, 0.1) is 5.41 Å². The quantitative estimate of drug-likeness (QED) is 0.886. The highest BCUT2D eigenvalue weighted by Gasteiger charge is 2.32. The Bertz CT molecular complexity index is 442. The number of hydrogen-bond acceptors (Lipinski definition) is 2. The van der Waals surface area contributed by atoms with Crippen molar-refractivity contribution in [3.8, 4) is 0 Å².